The molecule has 1 saturated heterocycles. The predicted molar refractivity (Wildman–Crippen MR) is 46.9 cm³/mol. The SMILES string of the molecule is CN1CCC(C(=O)CCCO)C1. The van der Waals surface area contributed by atoms with Gasteiger partial charge in [-0.1, -0.05) is 0 Å². The highest BCUT2D eigenvalue weighted by molar-refractivity contribution is 5.81. The zero-order valence-corrected chi connectivity index (χ0v) is 7.62. The van der Waals surface area contributed by atoms with E-state index in [-0.39, 0.29) is 12.5 Å². The first-order chi connectivity index (χ1) is 5.74. The van der Waals surface area contributed by atoms with Crippen molar-refractivity contribution in [2.75, 3.05) is 26.7 Å². The Morgan fingerprint density at radius 1 is 1.67 bits per heavy atom. The number of nitrogens with zero attached hydrogens (tertiary/aromatic N) is 1. The molecule has 1 atom stereocenters. The molecule has 0 saturated carbocycles. The van der Waals surface area contributed by atoms with Crippen molar-refractivity contribution in [2.45, 2.75) is 19.3 Å². The molecular weight excluding hydrogens is 154 g/mol. The summed E-state index contributed by atoms with van der Waals surface area (Å²) in [5.41, 5.74) is 0. The van der Waals surface area contributed by atoms with Crippen LogP contribution in [0.3, 0.4) is 0 Å². The number of carbonyl (C=O) groups is 1. The molecule has 3 heteroatoms. The molecule has 1 N–H and O–H groups in total. The number of Topliss-reactive ketones (excluding diaryl/α,β-unsaturated/α-hetero) is 1. The van der Waals surface area contributed by atoms with E-state index in [2.05, 4.69) is 4.90 Å². The van der Waals surface area contributed by atoms with Crippen molar-refractivity contribution >= 4 is 5.78 Å². The Balaban J connectivity index is 2.23. The number of ketones is 1. The maximum Gasteiger partial charge on any atom is 0.137 e. The lowest BCUT2D eigenvalue weighted by Gasteiger charge is -2.08. The highest BCUT2D eigenvalue weighted by atomic mass is 16.3. The van der Waals surface area contributed by atoms with E-state index in [9.17, 15) is 4.79 Å². The Morgan fingerprint density at radius 3 is 2.92 bits per heavy atom. The molecule has 0 bridgehead atoms. The summed E-state index contributed by atoms with van der Waals surface area (Å²) >= 11 is 0. The van der Waals surface area contributed by atoms with Crippen molar-refractivity contribution in [1.29, 1.82) is 0 Å². The van der Waals surface area contributed by atoms with Crippen LogP contribution in [0.5, 0.6) is 0 Å². The minimum atomic E-state index is 0.133. The van der Waals surface area contributed by atoms with Gasteiger partial charge in [0.25, 0.3) is 0 Å². The van der Waals surface area contributed by atoms with Gasteiger partial charge < -0.3 is 10.0 Å². The average Bonchev–Trinajstić information content (AvgIpc) is 2.47. The van der Waals surface area contributed by atoms with Crippen molar-refractivity contribution in [3.05, 3.63) is 0 Å². The minimum absolute atomic E-state index is 0.133. The van der Waals surface area contributed by atoms with Gasteiger partial charge in [-0.05, 0) is 26.4 Å². The second-order valence-corrected chi connectivity index (χ2v) is 3.54. The molecular formula is C9H17NO2. The second kappa shape index (κ2) is 4.58. The van der Waals surface area contributed by atoms with E-state index in [1.807, 2.05) is 7.05 Å². The molecule has 1 unspecified atom stereocenters. The zero-order valence-electron chi connectivity index (χ0n) is 7.62. The normalized spacial score (nSPS) is 24.7. The van der Waals surface area contributed by atoms with Crippen LogP contribution in [-0.4, -0.2) is 42.5 Å². The second-order valence-electron chi connectivity index (χ2n) is 3.54. The third kappa shape index (κ3) is 2.57. The number of carbonyl (C=O) groups excluding carboxylic acids is 1. The van der Waals surface area contributed by atoms with Crippen LogP contribution in [0.4, 0.5) is 0 Å². The highest BCUT2D eigenvalue weighted by Gasteiger charge is 2.24. The summed E-state index contributed by atoms with van der Waals surface area (Å²) in [5, 5.41) is 8.55. The van der Waals surface area contributed by atoms with E-state index >= 15 is 0 Å². The van der Waals surface area contributed by atoms with Crippen LogP contribution in [0.15, 0.2) is 0 Å². The van der Waals surface area contributed by atoms with Gasteiger partial charge in [-0.15, -0.1) is 0 Å². The molecule has 0 aromatic heterocycles. The first-order valence-electron chi connectivity index (χ1n) is 4.56. The Kier molecular flexibility index (Phi) is 3.69. The van der Waals surface area contributed by atoms with Gasteiger partial charge in [0.1, 0.15) is 5.78 Å². The molecule has 0 aromatic rings. The molecule has 0 amide bonds. The van der Waals surface area contributed by atoms with Gasteiger partial charge in [0.2, 0.25) is 0 Å². The van der Waals surface area contributed by atoms with Gasteiger partial charge in [-0.25, -0.2) is 0 Å². The third-order valence-corrected chi connectivity index (χ3v) is 2.43. The summed E-state index contributed by atoms with van der Waals surface area (Å²) in [6.45, 7) is 2.08. The Morgan fingerprint density at radius 2 is 2.42 bits per heavy atom. The molecule has 1 rings (SSSR count). The standard InChI is InChI=1S/C9H17NO2/c1-10-5-4-8(7-10)9(12)3-2-6-11/h8,11H,2-7H2,1H3. The fraction of sp³-hybridized carbons (Fsp3) is 0.889. The monoisotopic (exact) mass is 171 g/mol. The smallest absolute Gasteiger partial charge is 0.137 e. The fourth-order valence-corrected chi connectivity index (χ4v) is 1.66. The van der Waals surface area contributed by atoms with Crippen LogP contribution in [-0.2, 0) is 4.79 Å². The van der Waals surface area contributed by atoms with Crippen molar-refractivity contribution in [3.63, 3.8) is 0 Å². The first kappa shape index (κ1) is 9.68. The summed E-state index contributed by atoms with van der Waals surface area (Å²) in [6.07, 6.45) is 2.18. The summed E-state index contributed by atoms with van der Waals surface area (Å²) < 4.78 is 0. The van der Waals surface area contributed by atoms with Crippen LogP contribution < -0.4 is 0 Å². The maximum atomic E-state index is 11.4. The van der Waals surface area contributed by atoms with Crippen molar-refractivity contribution in [3.8, 4) is 0 Å². The zero-order chi connectivity index (χ0) is 8.97. The number of rotatable bonds is 4. The Bertz CT molecular complexity index is 159. The van der Waals surface area contributed by atoms with Gasteiger partial charge in [0.05, 0.1) is 0 Å². The first-order valence-corrected chi connectivity index (χ1v) is 4.56. The van der Waals surface area contributed by atoms with Crippen LogP contribution >= 0.6 is 0 Å². The predicted octanol–water partition coefficient (Wildman–Crippen LogP) is 0.280. The van der Waals surface area contributed by atoms with E-state index < -0.39 is 0 Å². The molecule has 1 heterocycles. The van der Waals surface area contributed by atoms with E-state index in [0.717, 1.165) is 19.5 Å². The lowest BCUT2D eigenvalue weighted by molar-refractivity contribution is -0.122. The van der Waals surface area contributed by atoms with Crippen LogP contribution in [0.25, 0.3) is 0 Å². The van der Waals surface area contributed by atoms with Crippen LogP contribution in [0.1, 0.15) is 19.3 Å². The van der Waals surface area contributed by atoms with Gasteiger partial charge in [0, 0.05) is 25.5 Å². The molecule has 1 aliphatic heterocycles. The maximum absolute atomic E-state index is 11.4. The molecule has 0 aliphatic carbocycles. The fourth-order valence-electron chi connectivity index (χ4n) is 1.66. The minimum Gasteiger partial charge on any atom is -0.396 e. The molecule has 0 radical (unpaired) electrons. The molecule has 1 fully saturated rings. The van der Waals surface area contributed by atoms with Gasteiger partial charge >= 0.3 is 0 Å². The quantitative estimate of drug-likeness (QED) is 0.660. The third-order valence-electron chi connectivity index (χ3n) is 2.43. The number of aliphatic hydroxyl groups excluding tert-OH is 1. The molecule has 70 valence electrons. The summed E-state index contributed by atoms with van der Waals surface area (Å²) in [5.74, 6) is 0.565. The van der Waals surface area contributed by atoms with Crippen molar-refractivity contribution < 1.29 is 9.90 Å². The van der Waals surface area contributed by atoms with Gasteiger partial charge in [-0.2, -0.15) is 0 Å². The molecule has 0 aromatic carbocycles. The largest absolute Gasteiger partial charge is 0.396 e. The number of hydrogen-bond donors (Lipinski definition) is 1. The lowest BCUT2D eigenvalue weighted by atomic mass is 10.00. The summed E-state index contributed by atoms with van der Waals surface area (Å²) in [6, 6.07) is 0. The van der Waals surface area contributed by atoms with Crippen molar-refractivity contribution in [2.24, 2.45) is 5.92 Å². The summed E-state index contributed by atoms with van der Waals surface area (Å²) in [7, 11) is 2.04. The van der Waals surface area contributed by atoms with E-state index in [4.69, 9.17) is 5.11 Å². The highest BCUT2D eigenvalue weighted by Crippen LogP contribution is 2.17. The Hall–Kier alpha value is -0.410. The Labute approximate surface area is 73.4 Å². The summed E-state index contributed by atoms with van der Waals surface area (Å²) in [4.78, 5) is 13.6. The van der Waals surface area contributed by atoms with Crippen LogP contribution in [0.2, 0.25) is 0 Å². The lowest BCUT2D eigenvalue weighted by Crippen LogP contribution is -2.19. The van der Waals surface area contributed by atoms with E-state index in [1.54, 1.807) is 0 Å². The van der Waals surface area contributed by atoms with Gasteiger partial charge in [-0.3, -0.25) is 4.79 Å². The van der Waals surface area contributed by atoms with E-state index in [0.29, 0.717) is 18.6 Å². The molecule has 1 aliphatic rings. The van der Waals surface area contributed by atoms with Crippen LogP contribution in [0, 0.1) is 5.92 Å². The van der Waals surface area contributed by atoms with E-state index in [1.165, 1.54) is 0 Å². The molecule has 12 heavy (non-hydrogen) atoms. The number of aliphatic hydroxyl groups is 1. The topological polar surface area (TPSA) is 40.5 Å². The van der Waals surface area contributed by atoms with Gasteiger partial charge in [0.15, 0.2) is 0 Å². The number of likely N-dealkylation sites (tertiary alicyclic amines) is 1. The number of hydrogen-bond acceptors (Lipinski definition) is 3. The molecule has 3 nitrogen and oxygen atoms in total. The molecule has 0 spiro atoms. The average molecular weight is 171 g/mol. The van der Waals surface area contributed by atoms with Crippen molar-refractivity contribution in [1.82, 2.24) is 4.90 Å².